The summed E-state index contributed by atoms with van der Waals surface area (Å²) in [6.45, 7) is 8.49. The van der Waals surface area contributed by atoms with E-state index in [1.807, 2.05) is 26.0 Å². The number of nitrogens with two attached hydrogens (primary N) is 1. The number of hydrogen-bond acceptors (Lipinski definition) is 11. The molecule has 2 aromatic rings. The first kappa shape index (κ1) is 43.2. The van der Waals surface area contributed by atoms with Crippen LogP contribution in [0.4, 0.5) is 10.6 Å². The number of nitrogens with zero attached hydrogens (tertiary/aromatic N) is 2. The fourth-order valence-corrected chi connectivity index (χ4v) is 9.59. The molecule has 3 aliphatic carbocycles. The third-order valence-electron chi connectivity index (χ3n) is 12.8. The van der Waals surface area contributed by atoms with Crippen LogP contribution in [0.3, 0.4) is 0 Å². The van der Waals surface area contributed by atoms with Crippen LogP contribution >= 0.6 is 11.6 Å². The summed E-state index contributed by atoms with van der Waals surface area (Å²) in [5.74, 6) is 1.31. The van der Waals surface area contributed by atoms with Gasteiger partial charge in [-0.25, -0.2) is 14.6 Å². The van der Waals surface area contributed by atoms with E-state index in [-0.39, 0.29) is 36.9 Å². The number of pyridine rings is 1. The maximum absolute atomic E-state index is 14.4. The second kappa shape index (κ2) is 19.6. The second-order valence-electron chi connectivity index (χ2n) is 17.6. The topological polar surface area (TPSA) is 196 Å². The van der Waals surface area contributed by atoms with Crippen LogP contribution in [0, 0.1) is 23.7 Å². The standard InChI is InChI=1S/C43H61ClN6O9/c1-25(2)46-37-23-36(31-10-11-35(38(44)39(31)48-37)57-17-14-49-12-15-56-16-13-49)58-30-22-34(40(45)51)50(24-30)41(52)33(47-43(55)59-29-19-27-18-28(27)20-29)9-7-5-3-4-6-8-26-21-32(26)42(53)54/h10-11,23,25-30,32-34H,3-9,12-22,24H2,1-2H3,(H2,45,51)(H,46,48)(H,47,55)(H,53,54)/p+1/t26-,27-,28+,29?,30?,32+,33+,34+/m1/s1. The van der Waals surface area contributed by atoms with Crippen LogP contribution in [0.15, 0.2) is 18.2 Å². The number of aromatic nitrogens is 1. The SMILES string of the molecule is CC(C)Nc1cc(OC2C[C@@H](C(N)=O)[NH+](C(=O)[C@H](CCCCCCC[C@@H]3C[C@@H]3C(=O)O)NC(=O)OC3C[C@@H]4C[C@@H]4C3)C2)c2ccc(OCCN3CCOCC3)c(Cl)c2n1. The number of benzene rings is 1. The molecule has 9 atom stereocenters. The molecular formula is C43H62ClN6O9+. The van der Waals surface area contributed by atoms with Crippen molar-refractivity contribution < 1.29 is 48.1 Å². The van der Waals surface area contributed by atoms with Gasteiger partial charge in [0.15, 0.2) is 12.1 Å². The number of quaternary nitrogens is 1. The lowest BCUT2D eigenvalue weighted by Crippen LogP contribution is -3.19. The molecule has 3 heterocycles. The van der Waals surface area contributed by atoms with Gasteiger partial charge in [0.1, 0.15) is 47.6 Å². The Labute approximate surface area is 351 Å². The summed E-state index contributed by atoms with van der Waals surface area (Å²) in [7, 11) is 0. The number of nitrogens with one attached hydrogen (secondary N) is 3. The zero-order valence-electron chi connectivity index (χ0n) is 34.4. The average molecular weight is 842 g/mol. The van der Waals surface area contributed by atoms with Crippen molar-refractivity contribution in [2.24, 2.45) is 29.4 Å². The minimum absolute atomic E-state index is 0.0626. The van der Waals surface area contributed by atoms with Crippen molar-refractivity contribution in [2.45, 2.75) is 121 Å². The number of unbranched alkanes of at least 4 members (excludes halogenated alkanes) is 4. The Kier molecular flexibility index (Phi) is 14.4. The molecule has 7 rings (SSSR count). The van der Waals surface area contributed by atoms with Crippen LogP contribution in [0.5, 0.6) is 11.5 Å². The van der Waals surface area contributed by atoms with Gasteiger partial charge in [-0.15, -0.1) is 0 Å². The average Bonchev–Trinajstić information content (AvgIpc) is 4.06. The number of likely N-dealkylation sites (tertiary alicyclic amines) is 1. The van der Waals surface area contributed by atoms with Crippen molar-refractivity contribution >= 4 is 52.2 Å². The van der Waals surface area contributed by atoms with Gasteiger partial charge in [0.05, 0.1) is 31.1 Å². The first-order chi connectivity index (χ1) is 28.4. The number of rotatable bonds is 21. The van der Waals surface area contributed by atoms with Crippen molar-refractivity contribution in [1.82, 2.24) is 15.2 Å². The lowest BCUT2D eigenvalue weighted by molar-refractivity contribution is -0.825. The van der Waals surface area contributed by atoms with Gasteiger partial charge in [-0.05, 0) is 82.3 Å². The number of carbonyl (C=O) groups is 4. The first-order valence-corrected chi connectivity index (χ1v) is 22.2. The Balaban J connectivity index is 1.01. The summed E-state index contributed by atoms with van der Waals surface area (Å²) < 4.78 is 24.0. The van der Waals surface area contributed by atoms with Crippen LogP contribution in [-0.2, 0) is 23.9 Å². The zero-order chi connectivity index (χ0) is 41.6. The number of amides is 3. The predicted molar refractivity (Wildman–Crippen MR) is 221 cm³/mol. The van der Waals surface area contributed by atoms with Gasteiger partial charge in [0.2, 0.25) is 0 Å². The number of aliphatic carboxylic acids is 1. The number of halogens is 1. The highest BCUT2D eigenvalue weighted by Gasteiger charge is 2.49. The number of hydrogen-bond donors (Lipinski definition) is 5. The highest BCUT2D eigenvalue weighted by Crippen LogP contribution is 2.52. The second-order valence-corrected chi connectivity index (χ2v) is 18.0. The van der Waals surface area contributed by atoms with E-state index < -0.39 is 36.2 Å². The van der Waals surface area contributed by atoms with Crippen molar-refractivity contribution in [3.8, 4) is 11.5 Å². The number of carboxylic acid groups (broad SMARTS) is 1. The van der Waals surface area contributed by atoms with Crippen LogP contribution in [0.2, 0.25) is 5.02 Å². The monoisotopic (exact) mass is 841 g/mol. The van der Waals surface area contributed by atoms with E-state index in [4.69, 9.17) is 41.3 Å². The van der Waals surface area contributed by atoms with Crippen molar-refractivity contribution in [3.05, 3.63) is 23.2 Å². The van der Waals surface area contributed by atoms with Gasteiger partial charge in [0, 0.05) is 37.1 Å². The lowest BCUT2D eigenvalue weighted by atomic mass is 10.0. The predicted octanol–water partition coefficient (Wildman–Crippen LogP) is 4.18. The highest BCUT2D eigenvalue weighted by atomic mass is 35.5. The molecule has 1 aromatic carbocycles. The molecule has 59 heavy (non-hydrogen) atoms. The number of morpholine rings is 1. The number of fused-ring (bicyclic) bond motifs is 2. The Hall–Kier alpha value is -3.92. The minimum Gasteiger partial charge on any atom is -0.491 e. The summed E-state index contributed by atoms with van der Waals surface area (Å²) in [6, 6.07) is 3.80. The molecule has 0 radical (unpaired) electrons. The molecule has 2 saturated heterocycles. The molecule has 1 aromatic heterocycles. The number of carbonyl (C=O) groups excluding carboxylic acids is 3. The molecule has 3 amide bonds. The van der Waals surface area contributed by atoms with Gasteiger partial charge in [0.25, 0.3) is 5.91 Å². The van der Waals surface area contributed by atoms with E-state index in [9.17, 15) is 24.3 Å². The van der Waals surface area contributed by atoms with Crippen molar-refractivity contribution in [1.29, 1.82) is 0 Å². The largest absolute Gasteiger partial charge is 0.491 e. The smallest absolute Gasteiger partial charge is 0.408 e. The number of alkyl carbamates (subject to hydrolysis) is 1. The molecule has 2 aliphatic heterocycles. The van der Waals surface area contributed by atoms with E-state index in [2.05, 4.69) is 15.5 Å². The molecule has 5 fully saturated rings. The number of primary amides is 1. The Bertz CT molecular complexity index is 1820. The summed E-state index contributed by atoms with van der Waals surface area (Å²) >= 11 is 6.96. The third kappa shape index (κ3) is 11.5. The maximum Gasteiger partial charge on any atom is 0.408 e. The van der Waals surface area contributed by atoms with E-state index >= 15 is 0 Å². The fraction of sp³-hybridized carbons (Fsp3) is 0.698. The first-order valence-electron chi connectivity index (χ1n) is 21.8. The molecular weight excluding hydrogens is 780 g/mol. The Morgan fingerprint density at radius 2 is 1.75 bits per heavy atom. The Morgan fingerprint density at radius 1 is 1.00 bits per heavy atom. The number of ether oxygens (including phenoxy) is 4. The molecule has 324 valence electrons. The van der Waals surface area contributed by atoms with Gasteiger partial charge in [-0.2, -0.15) is 0 Å². The van der Waals surface area contributed by atoms with Crippen molar-refractivity contribution in [2.75, 3.05) is 51.3 Å². The third-order valence-corrected chi connectivity index (χ3v) is 13.1. The minimum atomic E-state index is -0.874. The van der Waals surface area contributed by atoms with E-state index in [0.29, 0.717) is 88.6 Å². The van der Waals surface area contributed by atoms with Crippen LogP contribution in [0.1, 0.15) is 90.9 Å². The molecule has 3 unspecified atom stereocenters. The van der Waals surface area contributed by atoms with Crippen LogP contribution < -0.4 is 30.7 Å². The van der Waals surface area contributed by atoms with Crippen LogP contribution in [0.25, 0.3) is 10.9 Å². The van der Waals surface area contributed by atoms with Gasteiger partial charge in [-0.3, -0.25) is 19.4 Å². The molecule has 0 bridgehead atoms. The molecule has 6 N–H and O–H groups in total. The summed E-state index contributed by atoms with van der Waals surface area (Å²) in [5, 5.41) is 16.4. The van der Waals surface area contributed by atoms with E-state index in [1.165, 1.54) is 6.42 Å². The summed E-state index contributed by atoms with van der Waals surface area (Å²) in [5.41, 5.74) is 6.45. The zero-order valence-corrected chi connectivity index (χ0v) is 35.2. The number of anilines is 1. The number of carboxylic acids is 1. The van der Waals surface area contributed by atoms with E-state index in [1.54, 1.807) is 6.07 Å². The maximum atomic E-state index is 14.4. The summed E-state index contributed by atoms with van der Waals surface area (Å²) in [4.78, 5) is 59.2. The lowest BCUT2D eigenvalue weighted by Gasteiger charge is -2.26. The highest BCUT2D eigenvalue weighted by molar-refractivity contribution is 6.36. The van der Waals surface area contributed by atoms with Gasteiger partial charge in [-0.1, -0.05) is 43.7 Å². The molecule has 5 aliphatic rings. The van der Waals surface area contributed by atoms with Crippen LogP contribution in [-0.4, -0.2) is 115 Å². The molecule has 0 spiro atoms. The molecule has 15 nitrogen and oxygen atoms in total. The molecule has 16 heteroatoms. The normalized spacial score (nSPS) is 27.9. The quantitative estimate of drug-likeness (QED) is 0.113. The molecule has 3 saturated carbocycles. The van der Waals surface area contributed by atoms with E-state index in [0.717, 1.165) is 71.0 Å². The van der Waals surface area contributed by atoms with Crippen molar-refractivity contribution in [3.63, 3.8) is 0 Å². The summed E-state index contributed by atoms with van der Waals surface area (Å²) in [6.07, 6.45) is 8.33. The van der Waals surface area contributed by atoms with Gasteiger partial charge >= 0.3 is 18.0 Å². The fourth-order valence-electron chi connectivity index (χ4n) is 9.33. The van der Waals surface area contributed by atoms with Gasteiger partial charge < -0.3 is 40.4 Å². The Morgan fingerprint density at radius 3 is 2.46 bits per heavy atom.